The lowest BCUT2D eigenvalue weighted by Gasteiger charge is -2.41. The highest BCUT2D eigenvalue weighted by Crippen LogP contribution is 2.41. The van der Waals surface area contributed by atoms with Crippen LogP contribution in [0.5, 0.6) is 0 Å². The minimum atomic E-state index is -0.388. The Balaban J connectivity index is 2.09. The molecule has 1 aromatic carbocycles. The summed E-state index contributed by atoms with van der Waals surface area (Å²) < 4.78 is 0. The summed E-state index contributed by atoms with van der Waals surface area (Å²) in [6.07, 6.45) is 4.08. The predicted octanol–water partition coefficient (Wildman–Crippen LogP) is 2.06. The molecule has 0 saturated heterocycles. The van der Waals surface area contributed by atoms with Gasteiger partial charge in [0.1, 0.15) is 5.66 Å². The zero-order valence-electron chi connectivity index (χ0n) is 10.5. The number of nitrogens with zero attached hydrogens (tertiary/aromatic N) is 3. The Labute approximate surface area is 117 Å². The zero-order chi connectivity index (χ0) is 13.5. The second-order valence-corrected chi connectivity index (χ2v) is 5.38. The van der Waals surface area contributed by atoms with E-state index in [1.165, 1.54) is 0 Å². The predicted molar refractivity (Wildman–Crippen MR) is 78.4 cm³/mol. The van der Waals surface area contributed by atoms with Crippen molar-refractivity contribution in [1.82, 2.24) is 0 Å². The Morgan fingerprint density at radius 2 is 1.95 bits per heavy atom. The van der Waals surface area contributed by atoms with E-state index in [0.29, 0.717) is 11.0 Å². The van der Waals surface area contributed by atoms with Gasteiger partial charge in [-0.25, -0.2) is 4.99 Å². The first kappa shape index (κ1) is 12.3. The van der Waals surface area contributed by atoms with E-state index in [9.17, 15) is 0 Å². The van der Waals surface area contributed by atoms with Crippen LogP contribution in [0.3, 0.4) is 0 Å². The summed E-state index contributed by atoms with van der Waals surface area (Å²) in [7, 11) is 0. The first-order valence-corrected chi connectivity index (χ1v) is 6.74. The van der Waals surface area contributed by atoms with Crippen LogP contribution in [-0.4, -0.2) is 17.6 Å². The van der Waals surface area contributed by atoms with Crippen LogP contribution in [0.25, 0.3) is 0 Å². The summed E-state index contributed by atoms with van der Waals surface area (Å²) in [6.45, 7) is 0. The lowest BCUT2D eigenvalue weighted by Crippen LogP contribution is -2.56. The van der Waals surface area contributed by atoms with E-state index in [-0.39, 0.29) is 11.6 Å². The van der Waals surface area contributed by atoms with E-state index >= 15 is 0 Å². The molecule has 1 aromatic rings. The van der Waals surface area contributed by atoms with Crippen LogP contribution < -0.4 is 16.4 Å². The zero-order valence-corrected chi connectivity index (χ0v) is 11.3. The molecule has 0 aromatic heterocycles. The molecule has 3 rings (SSSR count). The molecule has 1 aliphatic carbocycles. The number of guanidine groups is 2. The van der Waals surface area contributed by atoms with E-state index in [0.717, 1.165) is 31.4 Å². The number of rotatable bonds is 1. The third kappa shape index (κ3) is 2.04. The van der Waals surface area contributed by atoms with Crippen molar-refractivity contribution in [1.29, 1.82) is 0 Å². The normalized spacial score (nSPS) is 21.4. The fourth-order valence-corrected chi connectivity index (χ4v) is 3.12. The second kappa shape index (κ2) is 4.42. The number of aliphatic imine (C=N–C) groups is 2. The lowest BCUT2D eigenvalue weighted by molar-refractivity contribution is 0.452. The molecule has 0 radical (unpaired) electrons. The van der Waals surface area contributed by atoms with Gasteiger partial charge in [-0.2, -0.15) is 4.99 Å². The SMILES string of the molecule is NC1=NC2(CCCC2)N(c2cccc(Cl)c2)C(N)=N1. The molecule has 0 atom stereocenters. The molecule has 1 fully saturated rings. The van der Waals surface area contributed by atoms with Crippen LogP contribution in [0.1, 0.15) is 25.7 Å². The topological polar surface area (TPSA) is 80.0 Å². The quantitative estimate of drug-likeness (QED) is 0.824. The third-order valence-electron chi connectivity index (χ3n) is 3.67. The molecule has 6 heteroatoms. The lowest BCUT2D eigenvalue weighted by atomic mass is 10.1. The Morgan fingerprint density at radius 3 is 2.63 bits per heavy atom. The molecular weight excluding hydrogens is 262 g/mol. The Bertz CT molecular complexity index is 560. The molecule has 1 aliphatic heterocycles. The van der Waals surface area contributed by atoms with Gasteiger partial charge in [0, 0.05) is 10.7 Å². The van der Waals surface area contributed by atoms with Gasteiger partial charge in [-0.05, 0) is 43.9 Å². The van der Waals surface area contributed by atoms with Crippen molar-refractivity contribution in [2.24, 2.45) is 21.5 Å². The van der Waals surface area contributed by atoms with Crippen LogP contribution in [0.4, 0.5) is 5.69 Å². The molecule has 1 heterocycles. The van der Waals surface area contributed by atoms with Gasteiger partial charge in [0.2, 0.25) is 11.9 Å². The van der Waals surface area contributed by atoms with Crippen molar-refractivity contribution in [3.63, 3.8) is 0 Å². The van der Waals surface area contributed by atoms with Gasteiger partial charge in [0.25, 0.3) is 0 Å². The number of hydrogen-bond donors (Lipinski definition) is 2. The first-order valence-electron chi connectivity index (χ1n) is 6.36. The highest BCUT2D eigenvalue weighted by atomic mass is 35.5. The fraction of sp³-hybridized carbons (Fsp3) is 0.385. The van der Waals surface area contributed by atoms with Gasteiger partial charge < -0.3 is 11.5 Å². The van der Waals surface area contributed by atoms with E-state index in [4.69, 9.17) is 23.1 Å². The summed E-state index contributed by atoms with van der Waals surface area (Å²) in [5.41, 5.74) is 12.4. The molecular formula is C13H16ClN5. The molecule has 100 valence electrons. The fourth-order valence-electron chi connectivity index (χ4n) is 2.93. The molecule has 2 aliphatic rings. The van der Waals surface area contributed by atoms with Crippen LogP contribution in [0.15, 0.2) is 34.3 Å². The number of halogens is 1. The molecule has 1 spiro atoms. The highest BCUT2D eigenvalue weighted by molar-refractivity contribution is 6.31. The largest absolute Gasteiger partial charge is 0.369 e. The average molecular weight is 278 g/mol. The maximum Gasteiger partial charge on any atom is 0.220 e. The van der Waals surface area contributed by atoms with Crippen molar-refractivity contribution in [3.05, 3.63) is 29.3 Å². The van der Waals surface area contributed by atoms with Crippen LogP contribution in [-0.2, 0) is 0 Å². The van der Waals surface area contributed by atoms with Gasteiger partial charge >= 0.3 is 0 Å². The van der Waals surface area contributed by atoms with Crippen molar-refractivity contribution in [3.8, 4) is 0 Å². The second-order valence-electron chi connectivity index (χ2n) is 4.94. The van der Waals surface area contributed by atoms with Gasteiger partial charge in [0.05, 0.1) is 0 Å². The van der Waals surface area contributed by atoms with Crippen molar-refractivity contribution in [2.75, 3.05) is 4.90 Å². The highest BCUT2D eigenvalue weighted by Gasteiger charge is 2.43. The summed E-state index contributed by atoms with van der Waals surface area (Å²) in [5, 5.41) is 0.668. The number of hydrogen-bond acceptors (Lipinski definition) is 5. The molecule has 19 heavy (non-hydrogen) atoms. The minimum absolute atomic E-state index is 0.262. The third-order valence-corrected chi connectivity index (χ3v) is 3.90. The maximum absolute atomic E-state index is 6.08. The standard InChI is InChI=1S/C13H16ClN5/c14-9-4-3-5-10(8-9)19-12(16)17-11(15)18-13(19)6-1-2-7-13/h3-5,8H,1-2,6-7H2,(H4,15,16,17,18). The molecule has 5 nitrogen and oxygen atoms in total. The van der Waals surface area contributed by atoms with E-state index in [1.54, 1.807) is 0 Å². The van der Waals surface area contributed by atoms with Gasteiger partial charge in [-0.1, -0.05) is 17.7 Å². The first-order chi connectivity index (χ1) is 9.11. The molecule has 4 N–H and O–H groups in total. The van der Waals surface area contributed by atoms with E-state index < -0.39 is 0 Å². The summed E-state index contributed by atoms with van der Waals surface area (Å²) >= 11 is 6.07. The smallest absolute Gasteiger partial charge is 0.220 e. The van der Waals surface area contributed by atoms with E-state index in [2.05, 4.69) is 9.98 Å². The van der Waals surface area contributed by atoms with Crippen molar-refractivity contribution in [2.45, 2.75) is 31.3 Å². The van der Waals surface area contributed by atoms with Gasteiger partial charge in [-0.3, -0.25) is 4.90 Å². The summed E-state index contributed by atoms with van der Waals surface area (Å²) in [4.78, 5) is 10.6. The van der Waals surface area contributed by atoms with E-state index in [1.807, 2.05) is 29.2 Å². The monoisotopic (exact) mass is 277 g/mol. The Kier molecular flexibility index (Phi) is 2.86. The Morgan fingerprint density at radius 1 is 1.21 bits per heavy atom. The van der Waals surface area contributed by atoms with Crippen LogP contribution in [0.2, 0.25) is 5.02 Å². The summed E-state index contributed by atoms with van der Waals surface area (Å²) in [6, 6.07) is 7.57. The summed E-state index contributed by atoms with van der Waals surface area (Å²) in [5.74, 6) is 0.648. The number of nitrogens with two attached hydrogens (primary N) is 2. The molecule has 1 saturated carbocycles. The van der Waals surface area contributed by atoms with Crippen molar-refractivity contribution < 1.29 is 0 Å². The maximum atomic E-state index is 6.08. The molecule has 0 bridgehead atoms. The van der Waals surface area contributed by atoms with Crippen molar-refractivity contribution >= 4 is 29.2 Å². The van der Waals surface area contributed by atoms with Crippen LogP contribution in [0, 0.1) is 0 Å². The number of benzene rings is 1. The van der Waals surface area contributed by atoms with Gasteiger partial charge in [-0.15, -0.1) is 0 Å². The molecule has 0 unspecified atom stereocenters. The number of anilines is 1. The Hall–Kier alpha value is -1.75. The molecule has 0 amide bonds. The average Bonchev–Trinajstić information content (AvgIpc) is 2.76. The van der Waals surface area contributed by atoms with Gasteiger partial charge in [0.15, 0.2) is 0 Å². The minimum Gasteiger partial charge on any atom is -0.369 e. The van der Waals surface area contributed by atoms with Crippen LogP contribution >= 0.6 is 11.6 Å².